The molecule has 1 heterocycles. The minimum Gasteiger partial charge on any atom is -0.496 e. The zero-order valence-electron chi connectivity index (χ0n) is 10.0. The minimum absolute atomic E-state index is 0.420. The molecule has 0 saturated heterocycles. The zero-order valence-corrected chi connectivity index (χ0v) is 10.0. The second-order valence-corrected chi connectivity index (χ2v) is 3.87. The zero-order chi connectivity index (χ0) is 12.4. The average molecular weight is 227 g/mol. The van der Waals surface area contributed by atoms with Crippen molar-refractivity contribution in [3.63, 3.8) is 0 Å². The summed E-state index contributed by atoms with van der Waals surface area (Å²) in [5, 5.41) is 8.90. The van der Waals surface area contributed by atoms with Crippen LogP contribution in [0, 0.1) is 25.2 Å². The van der Waals surface area contributed by atoms with E-state index in [-0.39, 0.29) is 0 Å². The molecule has 0 spiro atoms. The summed E-state index contributed by atoms with van der Waals surface area (Å²) in [5.41, 5.74) is 3.18. The number of H-pyrrole nitrogens is 1. The molecule has 1 N–H and O–H groups in total. The van der Waals surface area contributed by atoms with Crippen molar-refractivity contribution in [1.82, 2.24) is 9.97 Å². The summed E-state index contributed by atoms with van der Waals surface area (Å²) >= 11 is 0. The van der Waals surface area contributed by atoms with Gasteiger partial charge in [0.2, 0.25) is 0 Å². The molecule has 2 rings (SSSR count). The van der Waals surface area contributed by atoms with E-state index in [9.17, 15) is 0 Å². The Bertz CT molecular complexity index is 593. The number of ether oxygens (including phenoxy) is 1. The Balaban J connectivity index is 2.59. The van der Waals surface area contributed by atoms with Gasteiger partial charge in [-0.05, 0) is 26.0 Å². The SMILES string of the molecule is COc1ccc(C)cc1-c1nc(C#N)c(C)[nH]1. The van der Waals surface area contributed by atoms with E-state index < -0.39 is 0 Å². The number of aromatic amines is 1. The van der Waals surface area contributed by atoms with E-state index in [1.807, 2.05) is 32.0 Å². The second kappa shape index (κ2) is 4.30. The summed E-state index contributed by atoms with van der Waals surface area (Å²) in [7, 11) is 1.62. The third kappa shape index (κ3) is 2.00. The molecule has 0 unspecified atom stereocenters. The van der Waals surface area contributed by atoms with E-state index in [4.69, 9.17) is 10.00 Å². The van der Waals surface area contributed by atoms with Crippen LogP contribution in [-0.2, 0) is 0 Å². The van der Waals surface area contributed by atoms with Gasteiger partial charge >= 0.3 is 0 Å². The van der Waals surface area contributed by atoms with Crippen molar-refractivity contribution >= 4 is 0 Å². The van der Waals surface area contributed by atoms with Gasteiger partial charge in [-0.25, -0.2) is 4.98 Å². The van der Waals surface area contributed by atoms with Gasteiger partial charge in [0.25, 0.3) is 0 Å². The predicted molar refractivity (Wildman–Crippen MR) is 64.8 cm³/mol. The maximum atomic E-state index is 8.90. The summed E-state index contributed by atoms with van der Waals surface area (Å²) in [4.78, 5) is 7.35. The predicted octanol–water partition coefficient (Wildman–Crippen LogP) is 2.57. The van der Waals surface area contributed by atoms with Gasteiger partial charge in [0, 0.05) is 0 Å². The Labute approximate surface area is 99.9 Å². The average Bonchev–Trinajstić information content (AvgIpc) is 2.70. The van der Waals surface area contributed by atoms with Crippen LogP contribution < -0.4 is 4.74 Å². The van der Waals surface area contributed by atoms with Crippen molar-refractivity contribution < 1.29 is 4.74 Å². The summed E-state index contributed by atoms with van der Waals surface area (Å²) in [6, 6.07) is 7.91. The van der Waals surface area contributed by atoms with Crippen LogP contribution in [0.5, 0.6) is 5.75 Å². The third-order valence-corrected chi connectivity index (χ3v) is 2.60. The first-order chi connectivity index (χ1) is 8.15. The lowest BCUT2D eigenvalue weighted by Gasteiger charge is -2.06. The molecule has 0 atom stereocenters. The van der Waals surface area contributed by atoms with Gasteiger partial charge in [0.1, 0.15) is 17.6 Å². The van der Waals surface area contributed by atoms with Gasteiger partial charge in [-0.3, -0.25) is 0 Å². The van der Waals surface area contributed by atoms with Gasteiger partial charge < -0.3 is 9.72 Å². The van der Waals surface area contributed by atoms with Crippen LogP contribution in [0.2, 0.25) is 0 Å². The lowest BCUT2D eigenvalue weighted by atomic mass is 10.1. The Morgan fingerprint density at radius 2 is 2.12 bits per heavy atom. The molecule has 2 aromatic rings. The van der Waals surface area contributed by atoms with E-state index in [1.54, 1.807) is 7.11 Å². The normalized spacial score (nSPS) is 10.0. The first-order valence-electron chi connectivity index (χ1n) is 5.27. The molecule has 1 aromatic carbocycles. The molecule has 0 bridgehead atoms. The van der Waals surface area contributed by atoms with Crippen molar-refractivity contribution in [3.8, 4) is 23.2 Å². The Morgan fingerprint density at radius 3 is 2.71 bits per heavy atom. The number of methoxy groups -OCH3 is 1. The van der Waals surface area contributed by atoms with Crippen molar-refractivity contribution in [2.45, 2.75) is 13.8 Å². The third-order valence-electron chi connectivity index (χ3n) is 2.60. The molecule has 0 fully saturated rings. The van der Waals surface area contributed by atoms with Crippen LogP contribution in [0.15, 0.2) is 18.2 Å². The van der Waals surface area contributed by atoms with Crippen molar-refractivity contribution in [2.24, 2.45) is 0 Å². The summed E-state index contributed by atoms with van der Waals surface area (Å²) in [6.45, 7) is 3.83. The number of rotatable bonds is 2. The number of nitrogens with zero attached hydrogens (tertiary/aromatic N) is 2. The van der Waals surface area contributed by atoms with Gasteiger partial charge in [0.05, 0.1) is 18.4 Å². The molecular formula is C13H13N3O. The minimum atomic E-state index is 0.420. The Kier molecular flexibility index (Phi) is 2.84. The quantitative estimate of drug-likeness (QED) is 0.857. The lowest BCUT2D eigenvalue weighted by Crippen LogP contribution is -1.90. The number of imidazole rings is 1. The van der Waals surface area contributed by atoms with E-state index in [2.05, 4.69) is 16.0 Å². The monoisotopic (exact) mass is 227 g/mol. The molecule has 1 aromatic heterocycles. The highest BCUT2D eigenvalue weighted by Crippen LogP contribution is 2.29. The van der Waals surface area contributed by atoms with Crippen molar-refractivity contribution in [2.75, 3.05) is 7.11 Å². The smallest absolute Gasteiger partial charge is 0.161 e. The molecule has 4 heteroatoms. The number of aryl methyl sites for hydroxylation is 2. The molecule has 0 aliphatic carbocycles. The summed E-state index contributed by atoms with van der Waals surface area (Å²) in [6.07, 6.45) is 0. The fourth-order valence-electron chi connectivity index (χ4n) is 1.70. The second-order valence-electron chi connectivity index (χ2n) is 3.87. The number of nitrogens with one attached hydrogen (secondary N) is 1. The van der Waals surface area contributed by atoms with Gasteiger partial charge in [-0.15, -0.1) is 0 Å². The van der Waals surface area contributed by atoms with Crippen LogP contribution >= 0.6 is 0 Å². The highest BCUT2D eigenvalue weighted by atomic mass is 16.5. The van der Waals surface area contributed by atoms with Gasteiger partial charge in [-0.1, -0.05) is 11.6 Å². The van der Waals surface area contributed by atoms with E-state index in [1.165, 1.54) is 0 Å². The van der Waals surface area contributed by atoms with Crippen LogP contribution in [0.25, 0.3) is 11.4 Å². The fraction of sp³-hybridized carbons (Fsp3) is 0.231. The Morgan fingerprint density at radius 1 is 1.35 bits per heavy atom. The molecule has 0 aliphatic rings. The first kappa shape index (κ1) is 11.2. The summed E-state index contributed by atoms with van der Waals surface area (Å²) in [5.74, 6) is 1.41. The van der Waals surface area contributed by atoms with Crippen LogP contribution in [0.1, 0.15) is 17.0 Å². The number of nitriles is 1. The molecule has 0 saturated carbocycles. The number of benzene rings is 1. The molecule has 0 aliphatic heterocycles. The molecule has 0 amide bonds. The van der Waals surface area contributed by atoms with Crippen LogP contribution in [0.4, 0.5) is 0 Å². The van der Waals surface area contributed by atoms with E-state index >= 15 is 0 Å². The van der Waals surface area contributed by atoms with E-state index in [0.717, 1.165) is 22.6 Å². The topological polar surface area (TPSA) is 61.7 Å². The largest absolute Gasteiger partial charge is 0.496 e. The van der Waals surface area contributed by atoms with Gasteiger partial charge in [-0.2, -0.15) is 5.26 Å². The maximum Gasteiger partial charge on any atom is 0.161 e. The van der Waals surface area contributed by atoms with Crippen molar-refractivity contribution in [3.05, 3.63) is 35.2 Å². The number of hydrogen-bond donors (Lipinski definition) is 1. The number of hydrogen-bond acceptors (Lipinski definition) is 3. The van der Waals surface area contributed by atoms with Crippen molar-refractivity contribution in [1.29, 1.82) is 5.26 Å². The summed E-state index contributed by atoms with van der Waals surface area (Å²) < 4.78 is 5.29. The molecule has 17 heavy (non-hydrogen) atoms. The van der Waals surface area contributed by atoms with Gasteiger partial charge in [0.15, 0.2) is 5.69 Å². The first-order valence-corrected chi connectivity index (χ1v) is 5.27. The van der Waals surface area contributed by atoms with Crippen LogP contribution in [-0.4, -0.2) is 17.1 Å². The molecule has 86 valence electrons. The van der Waals surface area contributed by atoms with E-state index in [0.29, 0.717) is 11.5 Å². The molecule has 0 radical (unpaired) electrons. The lowest BCUT2D eigenvalue weighted by molar-refractivity contribution is 0.416. The highest BCUT2D eigenvalue weighted by molar-refractivity contribution is 5.66. The molecular weight excluding hydrogens is 214 g/mol. The standard InChI is InChI=1S/C13H13N3O/c1-8-4-5-12(17-3)10(6-8)13-15-9(2)11(7-14)16-13/h4-6H,1-3H3,(H,15,16). The number of aromatic nitrogens is 2. The fourth-order valence-corrected chi connectivity index (χ4v) is 1.70. The highest BCUT2D eigenvalue weighted by Gasteiger charge is 2.12. The Hall–Kier alpha value is -2.28. The van der Waals surface area contributed by atoms with Crippen LogP contribution in [0.3, 0.4) is 0 Å². The molecule has 4 nitrogen and oxygen atoms in total. The maximum absolute atomic E-state index is 8.90.